The number of para-hydroxylation sites is 1. The highest BCUT2D eigenvalue weighted by atomic mass is 16.5. The lowest BCUT2D eigenvalue weighted by Crippen LogP contribution is -2.25. The van der Waals surface area contributed by atoms with Gasteiger partial charge in [-0.25, -0.2) is 9.78 Å². The summed E-state index contributed by atoms with van der Waals surface area (Å²) in [6, 6.07) is 7.28. The third kappa shape index (κ3) is 2.08. The number of amides is 1. The summed E-state index contributed by atoms with van der Waals surface area (Å²) in [4.78, 5) is 30.1. The number of esters is 1. The average molecular weight is 285 g/mol. The van der Waals surface area contributed by atoms with Crippen molar-refractivity contribution >= 4 is 11.9 Å². The lowest BCUT2D eigenvalue weighted by Gasteiger charge is -2.14. The number of aromatic nitrogens is 2. The molecule has 2 heterocycles. The van der Waals surface area contributed by atoms with Crippen molar-refractivity contribution in [3.8, 4) is 5.69 Å². The van der Waals surface area contributed by atoms with Gasteiger partial charge >= 0.3 is 5.97 Å². The molecule has 0 saturated carbocycles. The predicted molar refractivity (Wildman–Crippen MR) is 75.3 cm³/mol. The van der Waals surface area contributed by atoms with Crippen LogP contribution in [-0.4, -0.2) is 40.0 Å². The van der Waals surface area contributed by atoms with E-state index in [0.717, 1.165) is 5.69 Å². The molecule has 3 rings (SSSR count). The highest BCUT2D eigenvalue weighted by Crippen LogP contribution is 2.25. The summed E-state index contributed by atoms with van der Waals surface area (Å²) >= 11 is 0. The van der Waals surface area contributed by atoms with E-state index in [2.05, 4.69) is 4.98 Å². The minimum atomic E-state index is -0.466. The van der Waals surface area contributed by atoms with Gasteiger partial charge < -0.3 is 9.64 Å². The van der Waals surface area contributed by atoms with Crippen molar-refractivity contribution in [2.75, 3.05) is 13.7 Å². The number of imidazole rings is 1. The maximum Gasteiger partial charge on any atom is 0.358 e. The Bertz CT molecular complexity index is 721. The monoisotopic (exact) mass is 285 g/mol. The van der Waals surface area contributed by atoms with Crippen LogP contribution in [0.1, 0.15) is 33.5 Å². The van der Waals surface area contributed by atoms with Crippen molar-refractivity contribution in [1.82, 2.24) is 14.5 Å². The Hall–Kier alpha value is -2.63. The molecule has 0 radical (unpaired) electrons. The maximum absolute atomic E-state index is 12.4. The predicted octanol–water partition coefficient (Wildman–Crippen LogP) is 1.63. The van der Waals surface area contributed by atoms with E-state index in [1.54, 1.807) is 35.8 Å². The molecule has 6 nitrogen and oxygen atoms in total. The van der Waals surface area contributed by atoms with Gasteiger partial charge in [0.15, 0.2) is 5.69 Å². The van der Waals surface area contributed by atoms with E-state index in [1.807, 2.05) is 18.2 Å². The smallest absolute Gasteiger partial charge is 0.358 e. The van der Waals surface area contributed by atoms with Gasteiger partial charge in [0.1, 0.15) is 6.33 Å². The van der Waals surface area contributed by atoms with E-state index in [-0.39, 0.29) is 18.2 Å². The van der Waals surface area contributed by atoms with Crippen molar-refractivity contribution in [3.05, 3.63) is 47.5 Å². The second-order valence-electron chi connectivity index (χ2n) is 4.81. The van der Waals surface area contributed by atoms with Crippen LogP contribution in [0.2, 0.25) is 0 Å². The number of hydrogen-bond donors (Lipinski definition) is 0. The van der Waals surface area contributed by atoms with Crippen LogP contribution in [0.5, 0.6) is 0 Å². The topological polar surface area (TPSA) is 64.4 Å². The minimum Gasteiger partial charge on any atom is -0.461 e. The molecule has 2 aromatic rings. The molecule has 1 aliphatic rings. The van der Waals surface area contributed by atoms with E-state index in [9.17, 15) is 9.59 Å². The van der Waals surface area contributed by atoms with Crippen molar-refractivity contribution < 1.29 is 14.3 Å². The lowest BCUT2D eigenvalue weighted by molar-refractivity contribution is 0.0516. The van der Waals surface area contributed by atoms with Crippen LogP contribution in [-0.2, 0) is 11.3 Å². The van der Waals surface area contributed by atoms with Crippen LogP contribution in [0.4, 0.5) is 0 Å². The number of hydrogen-bond acceptors (Lipinski definition) is 4. The standard InChI is InChI=1S/C15H15N3O3/c1-3-21-15(20)13-12-8-17(2)14(19)10-6-4-5-7-11(10)18(12)9-16-13/h4-7,9H,3,8H2,1-2H3. The Balaban J connectivity index is 2.18. The van der Waals surface area contributed by atoms with Crippen LogP contribution in [0.15, 0.2) is 30.6 Å². The number of carbonyl (C=O) groups excluding carboxylic acids is 2. The lowest BCUT2D eigenvalue weighted by atomic mass is 10.1. The molecular formula is C15H15N3O3. The molecule has 1 amide bonds. The number of ether oxygens (including phenoxy) is 1. The van der Waals surface area contributed by atoms with E-state index in [1.165, 1.54) is 0 Å². The van der Waals surface area contributed by atoms with Gasteiger partial charge in [0.05, 0.1) is 30.1 Å². The molecule has 0 saturated heterocycles. The van der Waals surface area contributed by atoms with E-state index >= 15 is 0 Å². The molecule has 108 valence electrons. The first-order valence-corrected chi connectivity index (χ1v) is 6.71. The molecule has 0 spiro atoms. The summed E-state index contributed by atoms with van der Waals surface area (Å²) in [6.07, 6.45) is 1.56. The summed E-state index contributed by atoms with van der Waals surface area (Å²) < 4.78 is 6.81. The number of rotatable bonds is 2. The second-order valence-corrected chi connectivity index (χ2v) is 4.81. The molecule has 1 aromatic carbocycles. The Kier molecular flexibility index (Phi) is 3.21. The van der Waals surface area contributed by atoms with Gasteiger partial charge in [-0.3, -0.25) is 9.36 Å². The van der Waals surface area contributed by atoms with Crippen LogP contribution >= 0.6 is 0 Å². The third-order valence-corrected chi connectivity index (χ3v) is 3.46. The van der Waals surface area contributed by atoms with Gasteiger partial charge in [-0.05, 0) is 19.1 Å². The van der Waals surface area contributed by atoms with E-state index < -0.39 is 5.97 Å². The van der Waals surface area contributed by atoms with Gasteiger partial charge in [0.25, 0.3) is 5.91 Å². The molecular weight excluding hydrogens is 270 g/mol. The first-order valence-electron chi connectivity index (χ1n) is 6.71. The molecule has 0 N–H and O–H groups in total. The summed E-state index contributed by atoms with van der Waals surface area (Å²) in [6.45, 7) is 2.34. The highest BCUT2D eigenvalue weighted by Gasteiger charge is 2.28. The highest BCUT2D eigenvalue weighted by molar-refractivity contribution is 5.99. The van der Waals surface area contributed by atoms with Gasteiger partial charge in [-0.1, -0.05) is 12.1 Å². The SMILES string of the molecule is CCOC(=O)c1ncn2c1CN(C)C(=O)c1ccccc1-2. The van der Waals surface area contributed by atoms with Gasteiger partial charge in [-0.2, -0.15) is 0 Å². The van der Waals surface area contributed by atoms with Gasteiger partial charge in [-0.15, -0.1) is 0 Å². The molecule has 0 aliphatic carbocycles. The first-order chi connectivity index (χ1) is 10.1. The van der Waals surface area contributed by atoms with Crippen molar-refractivity contribution in [2.24, 2.45) is 0 Å². The number of carbonyl (C=O) groups is 2. The Morgan fingerprint density at radius 1 is 1.38 bits per heavy atom. The summed E-state index contributed by atoms with van der Waals surface area (Å²) in [5.74, 6) is -0.546. The van der Waals surface area contributed by atoms with Crippen molar-refractivity contribution in [1.29, 1.82) is 0 Å². The molecule has 6 heteroatoms. The Morgan fingerprint density at radius 3 is 2.90 bits per heavy atom. The van der Waals surface area contributed by atoms with Crippen LogP contribution < -0.4 is 0 Å². The number of benzene rings is 1. The minimum absolute atomic E-state index is 0.0795. The van der Waals surface area contributed by atoms with Crippen molar-refractivity contribution in [3.63, 3.8) is 0 Å². The zero-order chi connectivity index (χ0) is 15.0. The zero-order valence-corrected chi connectivity index (χ0v) is 11.9. The molecule has 0 unspecified atom stereocenters. The second kappa shape index (κ2) is 5.05. The molecule has 0 fully saturated rings. The quantitative estimate of drug-likeness (QED) is 0.787. The summed E-state index contributed by atoms with van der Waals surface area (Å²) in [7, 11) is 1.71. The maximum atomic E-state index is 12.4. The molecule has 0 atom stereocenters. The molecule has 21 heavy (non-hydrogen) atoms. The van der Waals surface area contributed by atoms with E-state index in [0.29, 0.717) is 17.8 Å². The van der Waals surface area contributed by atoms with Gasteiger partial charge in [0.2, 0.25) is 0 Å². The van der Waals surface area contributed by atoms with Crippen LogP contribution in [0.3, 0.4) is 0 Å². The van der Waals surface area contributed by atoms with E-state index in [4.69, 9.17) is 4.74 Å². The molecule has 1 aliphatic heterocycles. The first kappa shape index (κ1) is 13.4. The van der Waals surface area contributed by atoms with Crippen molar-refractivity contribution in [2.45, 2.75) is 13.5 Å². The van der Waals surface area contributed by atoms with Crippen LogP contribution in [0, 0.1) is 0 Å². The Labute approximate surface area is 122 Å². The number of nitrogens with zero attached hydrogens (tertiary/aromatic N) is 3. The molecule has 0 bridgehead atoms. The fourth-order valence-corrected chi connectivity index (χ4v) is 2.47. The zero-order valence-electron chi connectivity index (χ0n) is 11.9. The summed E-state index contributed by atoms with van der Waals surface area (Å²) in [5, 5.41) is 0. The summed E-state index contributed by atoms with van der Waals surface area (Å²) in [5.41, 5.74) is 2.24. The fraction of sp³-hybridized carbons (Fsp3) is 0.267. The van der Waals surface area contributed by atoms with Crippen LogP contribution in [0.25, 0.3) is 5.69 Å². The largest absolute Gasteiger partial charge is 0.461 e. The number of fused-ring (bicyclic) bond motifs is 3. The van der Waals surface area contributed by atoms with Gasteiger partial charge in [0, 0.05) is 7.05 Å². The fourth-order valence-electron chi connectivity index (χ4n) is 2.47. The molecule has 1 aromatic heterocycles. The normalized spacial score (nSPS) is 13.4. The third-order valence-electron chi connectivity index (χ3n) is 3.46. The Morgan fingerprint density at radius 2 is 2.14 bits per heavy atom. The average Bonchev–Trinajstić information content (AvgIpc) is 2.86.